The maximum absolute atomic E-state index is 13.6. The summed E-state index contributed by atoms with van der Waals surface area (Å²) in [4.78, 5) is 58.8. The molecule has 230 valence electrons. The van der Waals surface area contributed by atoms with Gasteiger partial charge in [-0.3, -0.25) is 19.2 Å². The van der Waals surface area contributed by atoms with Gasteiger partial charge in [-0.25, -0.2) is 0 Å². The number of hydrogen-bond donors (Lipinski definition) is 1. The van der Waals surface area contributed by atoms with Crippen molar-refractivity contribution < 1.29 is 23.9 Å². The quantitative estimate of drug-likeness (QED) is 0.589. The van der Waals surface area contributed by atoms with Gasteiger partial charge < -0.3 is 24.8 Å². The van der Waals surface area contributed by atoms with Crippen molar-refractivity contribution in [3.05, 3.63) is 35.4 Å². The molecule has 2 bridgehead atoms. The molecule has 1 N–H and O–H groups in total. The van der Waals surface area contributed by atoms with Gasteiger partial charge in [-0.05, 0) is 80.0 Å². The van der Waals surface area contributed by atoms with Crippen LogP contribution in [0.3, 0.4) is 0 Å². The molecule has 9 nitrogen and oxygen atoms in total. The van der Waals surface area contributed by atoms with Gasteiger partial charge in [0.1, 0.15) is 0 Å². The topological polar surface area (TPSA) is 99.3 Å². The second-order valence-corrected chi connectivity index (χ2v) is 13.4. The zero-order valence-electron chi connectivity index (χ0n) is 25.6. The molecular weight excluding hydrogens is 532 g/mol. The lowest BCUT2D eigenvalue weighted by atomic mass is 9.77. The molecule has 0 aliphatic carbocycles. The van der Waals surface area contributed by atoms with Crippen LogP contribution < -0.4 is 5.32 Å². The number of nitrogens with one attached hydrogen (secondary N) is 1. The Labute approximate surface area is 250 Å². The van der Waals surface area contributed by atoms with Crippen LogP contribution in [0.5, 0.6) is 0 Å². The summed E-state index contributed by atoms with van der Waals surface area (Å²) in [6.07, 6.45) is 5.32. The molecule has 4 aliphatic rings. The number of carbonyl (C=O) groups is 4. The van der Waals surface area contributed by atoms with Crippen molar-refractivity contribution in [1.29, 1.82) is 0 Å². The summed E-state index contributed by atoms with van der Waals surface area (Å²) in [5, 5.41) is 3.25. The van der Waals surface area contributed by atoms with E-state index in [9.17, 15) is 19.2 Å². The molecule has 4 fully saturated rings. The Balaban J connectivity index is 1.26. The van der Waals surface area contributed by atoms with Crippen molar-refractivity contribution in [2.45, 2.75) is 77.8 Å². The van der Waals surface area contributed by atoms with Crippen LogP contribution in [0.4, 0.5) is 0 Å². The molecule has 4 aliphatic heterocycles. The van der Waals surface area contributed by atoms with Crippen molar-refractivity contribution in [3.8, 4) is 0 Å². The first-order valence-corrected chi connectivity index (χ1v) is 16.0. The summed E-state index contributed by atoms with van der Waals surface area (Å²) >= 11 is 0. The summed E-state index contributed by atoms with van der Waals surface area (Å²) in [5.74, 6) is 1.33. The average Bonchev–Trinajstić information content (AvgIpc) is 3.00. The number of carbonyl (C=O) groups excluding carboxylic acids is 4. The second-order valence-electron chi connectivity index (χ2n) is 13.4. The van der Waals surface area contributed by atoms with Crippen molar-refractivity contribution in [3.63, 3.8) is 0 Å². The van der Waals surface area contributed by atoms with Gasteiger partial charge in [-0.15, -0.1) is 0 Å². The lowest BCUT2D eigenvalue weighted by Crippen LogP contribution is -2.60. The van der Waals surface area contributed by atoms with Gasteiger partial charge in [0.25, 0.3) is 11.8 Å². The molecule has 9 heteroatoms. The van der Waals surface area contributed by atoms with Gasteiger partial charge in [0.15, 0.2) is 0 Å². The van der Waals surface area contributed by atoms with Crippen molar-refractivity contribution in [2.24, 2.45) is 23.7 Å². The SMILES string of the molecule is CC(C)[C@@H]1CC[C@@H](C)CC(=O)N2C[C@H]3C[C@H](CN(C(=O)c4ccc(C(=O)N5CCOCC5)cc4)C3)[C@@H]2CCCC(=O)N1. The Hall–Kier alpha value is -2.94. The molecule has 4 amide bonds. The van der Waals surface area contributed by atoms with Crippen molar-refractivity contribution in [1.82, 2.24) is 20.0 Å². The molecule has 5 atom stereocenters. The number of ether oxygens (including phenoxy) is 1. The zero-order chi connectivity index (χ0) is 29.8. The minimum Gasteiger partial charge on any atom is -0.378 e. The molecule has 0 saturated carbocycles. The van der Waals surface area contributed by atoms with Crippen LogP contribution >= 0.6 is 0 Å². The Bertz CT molecular complexity index is 1130. The monoisotopic (exact) mass is 580 g/mol. The van der Waals surface area contributed by atoms with Crippen LogP contribution in [0.15, 0.2) is 24.3 Å². The highest BCUT2D eigenvalue weighted by Gasteiger charge is 2.43. The van der Waals surface area contributed by atoms with E-state index in [-0.39, 0.29) is 53.5 Å². The third kappa shape index (κ3) is 7.16. The fraction of sp³-hybridized carbons (Fsp3) is 0.697. The lowest BCUT2D eigenvalue weighted by molar-refractivity contribution is -0.141. The predicted octanol–water partition coefficient (Wildman–Crippen LogP) is 3.58. The highest BCUT2D eigenvalue weighted by atomic mass is 16.5. The molecule has 5 rings (SSSR count). The zero-order valence-corrected chi connectivity index (χ0v) is 25.6. The Kier molecular flexibility index (Phi) is 9.86. The van der Waals surface area contributed by atoms with Crippen LogP contribution in [-0.4, -0.2) is 96.3 Å². The maximum Gasteiger partial charge on any atom is 0.254 e. The van der Waals surface area contributed by atoms with Crippen LogP contribution in [0.1, 0.15) is 86.4 Å². The Morgan fingerprint density at radius 3 is 2.24 bits per heavy atom. The lowest BCUT2D eigenvalue weighted by Gasteiger charge is -2.51. The van der Waals surface area contributed by atoms with Gasteiger partial charge in [-0.2, -0.15) is 0 Å². The van der Waals surface area contributed by atoms with Crippen LogP contribution in [0.25, 0.3) is 0 Å². The molecule has 0 radical (unpaired) electrons. The largest absolute Gasteiger partial charge is 0.378 e. The molecule has 4 heterocycles. The Morgan fingerprint density at radius 1 is 0.905 bits per heavy atom. The summed E-state index contributed by atoms with van der Waals surface area (Å²) in [7, 11) is 0. The number of piperidine rings is 2. The third-order valence-electron chi connectivity index (χ3n) is 9.80. The van der Waals surface area contributed by atoms with Gasteiger partial charge in [-0.1, -0.05) is 20.8 Å². The Morgan fingerprint density at radius 2 is 1.57 bits per heavy atom. The van der Waals surface area contributed by atoms with Crippen molar-refractivity contribution in [2.75, 3.05) is 45.9 Å². The number of benzene rings is 1. The second kappa shape index (κ2) is 13.6. The number of likely N-dealkylation sites (tertiary alicyclic amines) is 1. The van der Waals surface area contributed by atoms with E-state index < -0.39 is 0 Å². The molecule has 1 aromatic rings. The molecule has 0 spiro atoms. The fourth-order valence-corrected chi connectivity index (χ4v) is 7.36. The first-order chi connectivity index (χ1) is 20.2. The van der Waals surface area contributed by atoms with Gasteiger partial charge in [0, 0.05) is 68.8 Å². The van der Waals surface area contributed by atoms with Crippen LogP contribution in [-0.2, 0) is 14.3 Å². The van der Waals surface area contributed by atoms with Crippen LogP contribution in [0.2, 0.25) is 0 Å². The van der Waals surface area contributed by atoms with Gasteiger partial charge in [0.2, 0.25) is 11.8 Å². The number of nitrogens with zero attached hydrogens (tertiary/aromatic N) is 3. The normalized spacial score (nSPS) is 29.6. The summed E-state index contributed by atoms with van der Waals surface area (Å²) < 4.78 is 5.35. The van der Waals surface area contributed by atoms with E-state index in [0.29, 0.717) is 75.8 Å². The van der Waals surface area contributed by atoms with E-state index in [2.05, 4.69) is 31.0 Å². The van der Waals surface area contributed by atoms with E-state index in [1.54, 1.807) is 29.2 Å². The fourth-order valence-electron chi connectivity index (χ4n) is 7.36. The third-order valence-corrected chi connectivity index (χ3v) is 9.80. The number of rotatable bonds is 3. The van der Waals surface area contributed by atoms with E-state index in [4.69, 9.17) is 4.74 Å². The van der Waals surface area contributed by atoms with Crippen molar-refractivity contribution >= 4 is 23.6 Å². The highest BCUT2D eigenvalue weighted by molar-refractivity contribution is 5.98. The van der Waals surface area contributed by atoms with E-state index >= 15 is 0 Å². The predicted molar refractivity (Wildman–Crippen MR) is 160 cm³/mol. The average molecular weight is 581 g/mol. The number of fused-ring (bicyclic) bond motifs is 4. The first kappa shape index (κ1) is 30.5. The van der Waals surface area contributed by atoms with E-state index in [1.165, 1.54) is 0 Å². The summed E-state index contributed by atoms with van der Waals surface area (Å²) in [5.41, 5.74) is 1.17. The minimum atomic E-state index is -0.0319. The van der Waals surface area contributed by atoms with E-state index in [1.807, 2.05) is 4.90 Å². The number of hydrogen-bond acceptors (Lipinski definition) is 5. The molecule has 1 aromatic carbocycles. The van der Waals surface area contributed by atoms with Crippen LogP contribution in [0, 0.1) is 23.7 Å². The summed E-state index contributed by atoms with van der Waals surface area (Å²) in [6.45, 7) is 10.6. The molecule has 4 saturated heterocycles. The number of morpholine rings is 1. The standard InChI is InChI=1S/C33H48N4O5/c1-22(2)28-12-7-23(3)17-31(39)37-20-24-18-27(29(37)5-4-6-30(38)34-28)21-36(19-24)33(41)26-10-8-25(9-11-26)32(40)35-13-15-42-16-14-35/h8-11,22-24,27-29H,4-7,12-21H2,1-3H3,(H,34,38)/t23-,24+,27-,28+,29+/m1/s1. The maximum atomic E-state index is 13.6. The minimum absolute atomic E-state index is 0.0211. The van der Waals surface area contributed by atoms with Gasteiger partial charge in [0.05, 0.1) is 13.2 Å². The first-order valence-electron chi connectivity index (χ1n) is 16.0. The molecule has 0 aromatic heterocycles. The van der Waals surface area contributed by atoms with Gasteiger partial charge >= 0.3 is 0 Å². The van der Waals surface area contributed by atoms with E-state index in [0.717, 1.165) is 32.1 Å². The number of amides is 4. The molecule has 42 heavy (non-hydrogen) atoms. The summed E-state index contributed by atoms with van der Waals surface area (Å²) in [6, 6.07) is 7.21. The molecular formula is C33H48N4O5. The molecule has 0 unspecified atom stereocenters. The smallest absolute Gasteiger partial charge is 0.254 e. The highest BCUT2D eigenvalue weighted by Crippen LogP contribution is 2.37.